The fourth-order valence-electron chi connectivity index (χ4n) is 6.51. The van der Waals surface area contributed by atoms with E-state index in [0.29, 0.717) is 23.8 Å². The Kier molecular flexibility index (Phi) is 2.48. The number of aliphatic carboxylic acids is 1. The van der Waals surface area contributed by atoms with Crippen molar-refractivity contribution in [1.82, 2.24) is 0 Å². The van der Waals surface area contributed by atoms with Crippen LogP contribution < -0.4 is 0 Å². The third-order valence-corrected chi connectivity index (χ3v) is 6.91. The minimum absolute atomic E-state index is 0.188. The zero-order chi connectivity index (χ0) is 15.0. The van der Waals surface area contributed by atoms with Crippen LogP contribution in [-0.4, -0.2) is 22.6 Å². The number of hydrogen-bond donors (Lipinski definition) is 1. The molecule has 114 valence electrons. The van der Waals surface area contributed by atoms with Crippen LogP contribution in [0.5, 0.6) is 0 Å². The second kappa shape index (κ2) is 3.90. The highest BCUT2D eigenvalue weighted by atomic mass is 16.6. The van der Waals surface area contributed by atoms with E-state index in [1.54, 1.807) is 6.92 Å². The lowest BCUT2D eigenvalue weighted by atomic mass is 9.57. The van der Waals surface area contributed by atoms with Crippen LogP contribution in [0.25, 0.3) is 0 Å². The van der Waals surface area contributed by atoms with Gasteiger partial charge in [-0.15, -0.1) is 0 Å². The Bertz CT molecular complexity index is 553. The summed E-state index contributed by atoms with van der Waals surface area (Å²) in [7, 11) is 0. The Labute approximate surface area is 124 Å². The summed E-state index contributed by atoms with van der Waals surface area (Å²) in [4.78, 5) is 24.5. The van der Waals surface area contributed by atoms with Crippen molar-refractivity contribution in [1.29, 1.82) is 0 Å². The topological polar surface area (TPSA) is 63.6 Å². The number of esters is 1. The quantitative estimate of drug-likeness (QED) is 0.493. The molecule has 0 aromatic rings. The van der Waals surface area contributed by atoms with Crippen LogP contribution in [0.2, 0.25) is 0 Å². The van der Waals surface area contributed by atoms with Crippen LogP contribution in [-0.2, 0) is 14.3 Å². The number of rotatable bonds is 3. The van der Waals surface area contributed by atoms with Gasteiger partial charge < -0.3 is 9.84 Å². The highest BCUT2D eigenvalue weighted by Gasteiger charge is 2.80. The number of hydrogen-bond acceptors (Lipinski definition) is 3. The predicted octanol–water partition coefficient (Wildman–Crippen LogP) is 2.78. The summed E-state index contributed by atoms with van der Waals surface area (Å²) < 4.78 is 5.86. The number of carbonyl (C=O) groups is 2. The number of fused-ring (bicyclic) bond motifs is 9. The van der Waals surface area contributed by atoms with E-state index < -0.39 is 23.0 Å². The average Bonchev–Trinajstić information content (AvgIpc) is 3.15. The highest BCUT2D eigenvalue weighted by molar-refractivity contribution is 5.88. The molecule has 4 heteroatoms. The zero-order valence-corrected chi connectivity index (χ0v) is 12.4. The van der Waals surface area contributed by atoms with Crippen molar-refractivity contribution in [3.05, 3.63) is 12.2 Å². The van der Waals surface area contributed by atoms with E-state index in [-0.39, 0.29) is 11.8 Å². The Morgan fingerprint density at radius 2 is 2.00 bits per heavy atom. The van der Waals surface area contributed by atoms with Crippen LogP contribution in [0.3, 0.4) is 0 Å². The molecule has 0 saturated heterocycles. The van der Waals surface area contributed by atoms with Crippen molar-refractivity contribution < 1.29 is 19.4 Å². The lowest BCUT2D eigenvalue weighted by molar-refractivity contribution is -0.197. The zero-order valence-electron chi connectivity index (χ0n) is 12.4. The van der Waals surface area contributed by atoms with Gasteiger partial charge in [0, 0.05) is 5.57 Å². The van der Waals surface area contributed by atoms with Gasteiger partial charge in [-0.05, 0) is 69.1 Å². The van der Waals surface area contributed by atoms with Gasteiger partial charge in [-0.1, -0.05) is 6.58 Å². The maximum absolute atomic E-state index is 12.3. The molecular weight excluding hydrogens is 268 g/mol. The van der Waals surface area contributed by atoms with Gasteiger partial charge in [-0.2, -0.15) is 0 Å². The van der Waals surface area contributed by atoms with E-state index in [2.05, 4.69) is 6.58 Å². The molecule has 4 rings (SSSR count). The summed E-state index contributed by atoms with van der Waals surface area (Å²) >= 11 is 0. The van der Waals surface area contributed by atoms with Crippen molar-refractivity contribution in [3.8, 4) is 0 Å². The van der Waals surface area contributed by atoms with Crippen molar-refractivity contribution >= 4 is 11.9 Å². The molecule has 6 unspecified atom stereocenters. The SMILES string of the molecule is C=C(C)C(=O)OC12CCC(C1)C1C3CCC(C3)C12C(=O)O. The molecule has 0 radical (unpaired) electrons. The van der Waals surface area contributed by atoms with Gasteiger partial charge in [0.15, 0.2) is 0 Å². The van der Waals surface area contributed by atoms with E-state index in [0.717, 1.165) is 32.1 Å². The summed E-state index contributed by atoms with van der Waals surface area (Å²) in [5.74, 6) is 0.223. The molecule has 4 aliphatic rings. The minimum atomic E-state index is -0.816. The molecule has 0 spiro atoms. The summed E-state index contributed by atoms with van der Waals surface area (Å²) in [6, 6.07) is 0. The monoisotopic (exact) mass is 290 g/mol. The number of carboxylic acids is 1. The van der Waals surface area contributed by atoms with Crippen molar-refractivity contribution in [3.63, 3.8) is 0 Å². The molecule has 6 atom stereocenters. The number of carboxylic acid groups (broad SMARTS) is 1. The molecule has 21 heavy (non-hydrogen) atoms. The maximum Gasteiger partial charge on any atom is 0.333 e. The molecule has 4 fully saturated rings. The number of ether oxygens (including phenoxy) is 1. The van der Waals surface area contributed by atoms with Gasteiger partial charge in [-0.25, -0.2) is 4.79 Å². The summed E-state index contributed by atoms with van der Waals surface area (Å²) in [6.07, 6.45) is 5.61. The fraction of sp³-hybridized carbons (Fsp3) is 0.765. The second-order valence-corrected chi connectivity index (χ2v) is 7.64. The second-order valence-electron chi connectivity index (χ2n) is 7.64. The normalized spacial score (nSPS) is 49.2. The molecule has 0 aromatic heterocycles. The van der Waals surface area contributed by atoms with Crippen LogP contribution in [0.4, 0.5) is 0 Å². The van der Waals surface area contributed by atoms with Gasteiger partial charge in [0.05, 0.1) is 0 Å². The van der Waals surface area contributed by atoms with Crippen LogP contribution in [0.15, 0.2) is 12.2 Å². The number of carbonyl (C=O) groups excluding carboxylic acids is 1. The third kappa shape index (κ3) is 1.32. The van der Waals surface area contributed by atoms with Crippen molar-refractivity contribution in [2.45, 2.75) is 51.0 Å². The third-order valence-electron chi connectivity index (χ3n) is 6.91. The van der Waals surface area contributed by atoms with Gasteiger partial charge in [-0.3, -0.25) is 4.79 Å². The van der Waals surface area contributed by atoms with Gasteiger partial charge in [0.25, 0.3) is 0 Å². The predicted molar refractivity (Wildman–Crippen MR) is 75.4 cm³/mol. The first kappa shape index (κ1) is 13.4. The van der Waals surface area contributed by atoms with E-state index in [4.69, 9.17) is 4.74 Å². The van der Waals surface area contributed by atoms with Gasteiger partial charge in [0.1, 0.15) is 11.0 Å². The van der Waals surface area contributed by atoms with Crippen molar-refractivity contribution in [2.75, 3.05) is 0 Å². The van der Waals surface area contributed by atoms with Crippen LogP contribution >= 0.6 is 0 Å². The molecule has 4 bridgehead atoms. The molecule has 4 aliphatic carbocycles. The summed E-state index contributed by atoms with van der Waals surface area (Å²) in [5, 5.41) is 10.1. The van der Waals surface area contributed by atoms with Crippen LogP contribution in [0.1, 0.15) is 45.4 Å². The first-order valence-corrected chi connectivity index (χ1v) is 8.04. The summed E-state index contributed by atoms with van der Waals surface area (Å²) in [6.45, 7) is 5.29. The fourth-order valence-corrected chi connectivity index (χ4v) is 6.51. The van der Waals surface area contributed by atoms with E-state index in [1.165, 1.54) is 0 Å². The minimum Gasteiger partial charge on any atom is -0.481 e. The first-order chi connectivity index (χ1) is 9.92. The molecule has 0 amide bonds. The molecule has 4 nitrogen and oxygen atoms in total. The first-order valence-electron chi connectivity index (χ1n) is 8.04. The molecular formula is C17H22O4. The average molecular weight is 290 g/mol. The molecule has 4 saturated carbocycles. The van der Waals surface area contributed by atoms with Crippen molar-refractivity contribution in [2.24, 2.45) is 29.1 Å². The Balaban J connectivity index is 1.81. The largest absolute Gasteiger partial charge is 0.481 e. The standard InChI is InChI=1S/C17H22O4/c1-9(2)14(18)21-16-6-5-11(8-16)13-10-3-4-12(7-10)17(13,16)15(19)20/h10-13H,1,3-8H2,2H3,(H,19,20). The summed E-state index contributed by atoms with van der Waals surface area (Å²) in [5.41, 5.74) is -1.23. The van der Waals surface area contributed by atoms with E-state index >= 15 is 0 Å². The Hall–Kier alpha value is -1.32. The molecule has 0 aliphatic heterocycles. The Morgan fingerprint density at radius 3 is 2.67 bits per heavy atom. The van der Waals surface area contributed by atoms with Gasteiger partial charge in [0.2, 0.25) is 0 Å². The van der Waals surface area contributed by atoms with Gasteiger partial charge >= 0.3 is 11.9 Å². The Morgan fingerprint density at radius 1 is 1.24 bits per heavy atom. The highest BCUT2D eigenvalue weighted by Crippen LogP contribution is 2.76. The lowest BCUT2D eigenvalue weighted by Gasteiger charge is -2.49. The molecule has 0 heterocycles. The maximum atomic E-state index is 12.3. The molecule has 1 N–H and O–H groups in total. The molecule has 0 aromatic carbocycles. The van der Waals surface area contributed by atoms with E-state index in [9.17, 15) is 14.7 Å². The van der Waals surface area contributed by atoms with Crippen LogP contribution in [0, 0.1) is 29.1 Å². The smallest absolute Gasteiger partial charge is 0.333 e. The van der Waals surface area contributed by atoms with E-state index in [1.807, 2.05) is 0 Å². The lowest BCUT2D eigenvalue weighted by Crippen LogP contribution is -2.58.